The van der Waals surface area contributed by atoms with Gasteiger partial charge in [-0.25, -0.2) is 4.79 Å². The molecular weight excluding hydrogens is 328 g/mol. The van der Waals surface area contributed by atoms with Crippen LogP contribution in [0.4, 0.5) is 10.5 Å². The van der Waals surface area contributed by atoms with E-state index in [0.29, 0.717) is 18.8 Å². The van der Waals surface area contributed by atoms with Gasteiger partial charge in [-0.3, -0.25) is 9.97 Å². The van der Waals surface area contributed by atoms with Crippen molar-refractivity contribution in [3.63, 3.8) is 0 Å². The van der Waals surface area contributed by atoms with Crippen LogP contribution in [0.5, 0.6) is 5.75 Å². The first-order chi connectivity index (χ1) is 12.7. The third-order valence-corrected chi connectivity index (χ3v) is 3.66. The number of carbonyl (C=O) groups excluding carboxylic acids is 1. The largest absolute Gasteiger partial charge is 0.494 e. The minimum absolute atomic E-state index is 0.270. The second-order valence-corrected chi connectivity index (χ2v) is 5.56. The molecule has 0 atom stereocenters. The molecule has 0 saturated heterocycles. The topological polar surface area (TPSA) is 76.1 Å². The Morgan fingerprint density at radius 1 is 1.12 bits per heavy atom. The van der Waals surface area contributed by atoms with E-state index in [1.54, 1.807) is 30.7 Å². The average Bonchev–Trinajstić information content (AvgIpc) is 2.69. The van der Waals surface area contributed by atoms with E-state index >= 15 is 0 Å². The second-order valence-electron chi connectivity index (χ2n) is 5.56. The number of aromatic nitrogens is 2. The monoisotopic (exact) mass is 348 g/mol. The summed E-state index contributed by atoms with van der Waals surface area (Å²) in [7, 11) is 0. The molecule has 6 heteroatoms. The van der Waals surface area contributed by atoms with Crippen molar-refractivity contribution in [2.75, 3.05) is 11.9 Å². The number of pyridine rings is 2. The van der Waals surface area contributed by atoms with Crippen molar-refractivity contribution >= 4 is 11.7 Å². The number of hydrogen-bond acceptors (Lipinski definition) is 4. The Morgan fingerprint density at radius 3 is 2.69 bits per heavy atom. The predicted octanol–water partition coefficient (Wildman–Crippen LogP) is 3.86. The van der Waals surface area contributed by atoms with Gasteiger partial charge >= 0.3 is 6.03 Å². The molecule has 0 aliphatic rings. The van der Waals surface area contributed by atoms with Gasteiger partial charge in [-0.2, -0.15) is 0 Å². The normalized spacial score (nSPS) is 10.2. The van der Waals surface area contributed by atoms with Crippen molar-refractivity contribution in [3.05, 3.63) is 72.7 Å². The fourth-order valence-corrected chi connectivity index (χ4v) is 2.42. The predicted molar refractivity (Wildman–Crippen MR) is 101 cm³/mol. The van der Waals surface area contributed by atoms with Crippen LogP contribution >= 0.6 is 0 Å². The van der Waals surface area contributed by atoms with E-state index in [0.717, 1.165) is 22.6 Å². The Morgan fingerprint density at radius 2 is 1.96 bits per heavy atom. The highest BCUT2D eigenvalue weighted by atomic mass is 16.5. The Bertz CT molecular complexity index is 851. The molecule has 2 amide bonds. The number of hydrogen-bond donors (Lipinski definition) is 2. The molecular formula is C20H20N4O2. The van der Waals surface area contributed by atoms with E-state index in [4.69, 9.17) is 4.74 Å². The maximum Gasteiger partial charge on any atom is 0.319 e. The first-order valence-electron chi connectivity index (χ1n) is 8.37. The van der Waals surface area contributed by atoms with Crippen LogP contribution in [0.3, 0.4) is 0 Å². The lowest BCUT2D eigenvalue weighted by atomic mass is 10.1. The van der Waals surface area contributed by atoms with E-state index < -0.39 is 0 Å². The minimum atomic E-state index is -0.270. The first kappa shape index (κ1) is 17.4. The van der Waals surface area contributed by atoms with Gasteiger partial charge in [-0.15, -0.1) is 0 Å². The van der Waals surface area contributed by atoms with Gasteiger partial charge in [-0.1, -0.05) is 0 Å². The van der Waals surface area contributed by atoms with Gasteiger partial charge in [0.05, 0.1) is 12.3 Å². The lowest BCUT2D eigenvalue weighted by molar-refractivity contribution is 0.251. The molecule has 0 fully saturated rings. The Labute approximate surface area is 152 Å². The molecule has 3 rings (SSSR count). The van der Waals surface area contributed by atoms with E-state index in [2.05, 4.69) is 20.6 Å². The van der Waals surface area contributed by atoms with Crippen molar-refractivity contribution in [3.8, 4) is 17.0 Å². The van der Waals surface area contributed by atoms with E-state index in [9.17, 15) is 4.79 Å². The summed E-state index contributed by atoms with van der Waals surface area (Å²) in [4.78, 5) is 20.5. The van der Waals surface area contributed by atoms with Crippen molar-refractivity contribution in [1.29, 1.82) is 0 Å². The molecule has 2 N–H and O–H groups in total. The Hall–Kier alpha value is -3.41. The number of carbonyl (C=O) groups is 1. The quantitative estimate of drug-likeness (QED) is 0.709. The number of ether oxygens (including phenoxy) is 1. The van der Waals surface area contributed by atoms with Gasteiger partial charge in [0.25, 0.3) is 0 Å². The second kappa shape index (κ2) is 8.62. The highest BCUT2D eigenvalue weighted by Crippen LogP contribution is 2.17. The highest BCUT2D eigenvalue weighted by molar-refractivity contribution is 5.89. The van der Waals surface area contributed by atoms with Gasteiger partial charge < -0.3 is 15.4 Å². The standard InChI is InChI=1S/C20H20N4O2/c1-2-26-18-7-5-17(6-8-18)24-20(25)23-13-15-9-11-22-19(12-15)16-4-3-10-21-14-16/h3-12,14H,2,13H2,1H3,(H2,23,24,25). The molecule has 2 heterocycles. The number of rotatable bonds is 6. The lowest BCUT2D eigenvalue weighted by Crippen LogP contribution is -2.28. The zero-order chi connectivity index (χ0) is 18.2. The summed E-state index contributed by atoms with van der Waals surface area (Å²) in [6.45, 7) is 2.94. The van der Waals surface area contributed by atoms with Gasteiger partial charge in [0.15, 0.2) is 0 Å². The summed E-state index contributed by atoms with van der Waals surface area (Å²) in [6, 6.07) is 14.6. The van der Waals surface area contributed by atoms with E-state index in [1.165, 1.54) is 0 Å². The van der Waals surface area contributed by atoms with Crippen molar-refractivity contribution in [1.82, 2.24) is 15.3 Å². The van der Waals surface area contributed by atoms with Gasteiger partial charge in [0.1, 0.15) is 5.75 Å². The fourth-order valence-electron chi connectivity index (χ4n) is 2.42. The number of nitrogens with one attached hydrogen (secondary N) is 2. The first-order valence-corrected chi connectivity index (χ1v) is 8.37. The minimum Gasteiger partial charge on any atom is -0.494 e. The van der Waals surface area contributed by atoms with Crippen LogP contribution in [0.2, 0.25) is 0 Å². The molecule has 1 aromatic carbocycles. The molecule has 2 aromatic heterocycles. The van der Waals surface area contributed by atoms with Crippen LogP contribution in [-0.4, -0.2) is 22.6 Å². The van der Waals surface area contributed by atoms with Crippen molar-refractivity contribution in [2.45, 2.75) is 13.5 Å². The summed E-state index contributed by atoms with van der Waals surface area (Å²) < 4.78 is 5.38. The summed E-state index contributed by atoms with van der Waals surface area (Å²) in [5.41, 5.74) is 3.43. The Balaban J connectivity index is 1.56. The summed E-state index contributed by atoms with van der Waals surface area (Å²) >= 11 is 0. The summed E-state index contributed by atoms with van der Waals surface area (Å²) in [6.07, 6.45) is 5.21. The third kappa shape index (κ3) is 4.80. The molecule has 0 aliphatic heterocycles. The van der Waals surface area contributed by atoms with Crippen LogP contribution in [0.1, 0.15) is 12.5 Å². The fraction of sp³-hybridized carbons (Fsp3) is 0.150. The van der Waals surface area contributed by atoms with Crippen LogP contribution in [-0.2, 0) is 6.54 Å². The van der Waals surface area contributed by atoms with E-state index in [1.807, 2.05) is 43.3 Å². The molecule has 26 heavy (non-hydrogen) atoms. The number of urea groups is 1. The van der Waals surface area contributed by atoms with Crippen LogP contribution < -0.4 is 15.4 Å². The third-order valence-electron chi connectivity index (χ3n) is 3.66. The molecule has 3 aromatic rings. The van der Waals surface area contributed by atoms with Gasteiger partial charge in [0.2, 0.25) is 0 Å². The zero-order valence-corrected chi connectivity index (χ0v) is 14.5. The molecule has 132 valence electrons. The number of nitrogens with zero attached hydrogens (tertiary/aromatic N) is 2. The maximum atomic E-state index is 12.1. The molecule has 6 nitrogen and oxygen atoms in total. The molecule has 0 saturated carbocycles. The van der Waals surface area contributed by atoms with E-state index in [-0.39, 0.29) is 6.03 Å². The van der Waals surface area contributed by atoms with Crippen LogP contribution in [0.15, 0.2) is 67.1 Å². The van der Waals surface area contributed by atoms with Gasteiger partial charge in [-0.05, 0) is 61.0 Å². The van der Waals surface area contributed by atoms with Crippen LogP contribution in [0.25, 0.3) is 11.3 Å². The number of amides is 2. The molecule has 0 spiro atoms. The number of benzene rings is 1. The molecule has 0 bridgehead atoms. The zero-order valence-electron chi connectivity index (χ0n) is 14.5. The Kier molecular flexibility index (Phi) is 5.77. The summed E-state index contributed by atoms with van der Waals surface area (Å²) in [5.74, 6) is 0.776. The number of anilines is 1. The molecule has 0 radical (unpaired) electrons. The van der Waals surface area contributed by atoms with Crippen molar-refractivity contribution in [2.24, 2.45) is 0 Å². The molecule has 0 unspecified atom stereocenters. The average molecular weight is 348 g/mol. The summed E-state index contributed by atoms with van der Waals surface area (Å²) in [5, 5.41) is 5.64. The SMILES string of the molecule is CCOc1ccc(NC(=O)NCc2ccnc(-c3cccnc3)c2)cc1. The highest BCUT2D eigenvalue weighted by Gasteiger charge is 2.04. The lowest BCUT2D eigenvalue weighted by Gasteiger charge is -2.09. The van der Waals surface area contributed by atoms with Gasteiger partial charge in [0, 0.05) is 36.4 Å². The van der Waals surface area contributed by atoms with Crippen molar-refractivity contribution < 1.29 is 9.53 Å². The molecule has 0 aliphatic carbocycles. The smallest absolute Gasteiger partial charge is 0.319 e. The van der Waals surface area contributed by atoms with Crippen LogP contribution in [0, 0.1) is 0 Å². The maximum absolute atomic E-state index is 12.1.